The number of hydrogen-bond donors (Lipinski definition) is 7. The molecule has 158 valence electrons. The van der Waals surface area contributed by atoms with Gasteiger partial charge in [0, 0.05) is 12.3 Å². The monoisotopic (exact) mass is 406 g/mol. The van der Waals surface area contributed by atoms with Crippen LogP contribution in [0.5, 0.6) is 0 Å². The van der Waals surface area contributed by atoms with Gasteiger partial charge in [-0.2, -0.15) is 0 Å². The molecule has 2 aliphatic rings. The summed E-state index contributed by atoms with van der Waals surface area (Å²) in [6, 6.07) is 1.04. The Bertz CT molecular complexity index is 780. The summed E-state index contributed by atoms with van der Waals surface area (Å²) in [5.41, 5.74) is -1.51. The molecule has 2 fully saturated rings. The van der Waals surface area contributed by atoms with Gasteiger partial charge in [-0.05, 0) is 0 Å². The van der Waals surface area contributed by atoms with E-state index in [0.717, 1.165) is 16.8 Å². The second-order valence-electron chi connectivity index (χ2n) is 6.55. The van der Waals surface area contributed by atoms with Crippen molar-refractivity contribution in [3.05, 3.63) is 33.1 Å². The molecule has 0 saturated carbocycles. The first-order valence-corrected chi connectivity index (χ1v) is 8.50. The van der Waals surface area contributed by atoms with E-state index in [2.05, 4.69) is 0 Å². The van der Waals surface area contributed by atoms with Crippen LogP contribution in [0.3, 0.4) is 0 Å². The second kappa shape index (κ2) is 8.36. The summed E-state index contributed by atoms with van der Waals surface area (Å²) in [5.74, 6) is 0. The number of aliphatic hydroxyl groups excluding tert-OH is 6. The molecule has 7 N–H and O–H groups in total. The molecule has 0 bridgehead atoms. The average Bonchev–Trinajstić information content (AvgIpc) is 2.98. The Morgan fingerprint density at radius 2 is 1.64 bits per heavy atom. The number of aliphatic hydroxyl groups is 6. The highest BCUT2D eigenvalue weighted by Gasteiger charge is 2.50. The van der Waals surface area contributed by atoms with Crippen molar-refractivity contribution in [1.29, 1.82) is 0 Å². The molecular formula is C15H22N2O11. The highest BCUT2D eigenvalue weighted by molar-refractivity contribution is 4.96. The van der Waals surface area contributed by atoms with Crippen LogP contribution in [0.4, 0.5) is 0 Å². The van der Waals surface area contributed by atoms with E-state index in [4.69, 9.17) is 14.2 Å². The average molecular weight is 406 g/mol. The molecule has 1 aromatic rings. The summed E-state index contributed by atoms with van der Waals surface area (Å²) < 4.78 is 17.0. The number of hydrogen-bond acceptors (Lipinski definition) is 11. The standard InChI is InChI=1S/C15H22N2O11/c18-3-5-8(21)9(22)10(23)14(27-5)28-12-6(4-19)26-13(11(12)24)17-2-1-7(20)16-15(17)25/h1-2,5-6,8-14,18-19,21-24H,3-4H2,(H,16,20,25)/t5-,6-,8-,9+,10-,11-,12-,13-,14+/m1/s1. The van der Waals surface area contributed by atoms with Crippen LogP contribution in [0.2, 0.25) is 0 Å². The molecule has 2 aliphatic heterocycles. The van der Waals surface area contributed by atoms with Gasteiger partial charge in [0.25, 0.3) is 5.56 Å². The summed E-state index contributed by atoms with van der Waals surface area (Å²) in [7, 11) is 0. The number of nitrogens with zero attached hydrogens (tertiary/aromatic N) is 1. The maximum absolute atomic E-state index is 11.9. The lowest BCUT2D eigenvalue weighted by Crippen LogP contribution is -2.60. The van der Waals surface area contributed by atoms with Crippen molar-refractivity contribution < 1.29 is 44.8 Å². The summed E-state index contributed by atoms with van der Waals surface area (Å²) in [4.78, 5) is 25.1. The smallest absolute Gasteiger partial charge is 0.330 e. The Labute approximate surface area is 157 Å². The van der Waals surface area contributed by atoms with Crippen molar-refractivity contribution >= 4 is 0 Å². The van der Waals surface area contributed by atoms with Crippen LogP contribution in [-0.4, -0.2) is 102 Å². The number of H-pyrrole nitrogens is 1. The van der Waals surface area contributed by atoms with Crippen LogP contribution >= 0.6 is 0 Å². The predicted molar refractivity (Wildman–Crippen MR) is 87.0 cm³/mol. The molecule has 28 heavy (non-hydrogen) atoms. The van der Waals surface area contributed by atoms with Gasteiger partial charge in [0.2, 0.25) is 0 Å². The Morgan fingerprint density at radius 3 is 2.25 bits per heavy atom. The van der Waals surface area contributed by atoms with Crippen LogP contribution in [0.15, 0.2) is 21.9 Å². The van der Waals surface area contributed by atoms with Crippen molar-refractivity contribution in [2.45, 2.75) is 55.2 Å². The topological polar surface area (TPSA) is 204 Å². The van der Waals surface area contributed by atoms with Crippen LogP contribution < -0.4 is 11.2 Å². The van der Waals surface area contributed by atoms with E-state index < -0.39 is 79.7 Å². The third kappa shape index (κ3) is 3.76. The van der Waals surface area contributed by atoms with Gasteiger partial charge in [0.1, 0.15) is 42.7 Å². The molecule has 0 amide bonds. The molecule has 9 atom stereocenters. The van der Waals surface area contributed by atoms with Crippen LogP contribution in [0.25, 0.3) is 0 Å². The van der Waals surface area contributed by atoms with Crippen molar-refractivity contribution in [1.82, 2.24) is 9.55 Å². The number of rotatable bonds is 5. The maximum Gasteiger partial charge on any atom is 0.330 e. The zero-order chi connectivity index (χ0) is 20.6. The van der Waals surface area contributed by atoms with E-state index in [0.29, 0.717) is 0 Å². The number of ether oxygens (including phenoxy) is 3. The third-order valence-corrected chi connectivity index (χ3v) is 4.75. The molecule has 13 nitrogen and oxygen atoms in total. The summed E-state index contributed by atoms with van der Waals surface area (Å²) in [6.45, 7) is -1.30. The first-order chi connectivity index (χ1) is 13.3. The van der Waals surface area contributed by atoms with Gasteiger partial charge in [-0.1, -0.05) is 0 Å². The first-order valence-electron chi connectivity index (χ1n) is 8.50. The minimum atomic E-state index is -1.72. The Hall–Kier alpha value is -1.68. The summed E-state index contributed by atoms with van der Waals surface area (Å²) >= 11 is 0. The third-order valence-electron chi connectivity index (χ3n) is 4.75. The fourth-order valence-corrected chi connectivity index (χ4v) is 3.23. The van der Waals surface area contributed by atoms with E-state index in [-0.39, 0.29) is 0 Å². The molecule has 0 unspecified atom stereocenters. The maximum atomic E-state index is 11.9. The van der Waals surface area contributed by atoms with Crippen molar-refractivity contribution in [3.8, 4) is 0 Å². The van der Waals surface area contributed by atoms with Crippen molar-refractivity contribution in [3.63, 3.8) is 0 Å². The lowest BCUT2D eigenvalue weighted by Gasteiger charge is -2.41. The van der Waals surface area contributed by atoms with Gasteiger partial charge in [-0.25, -0.2) is 4.79 Å². The van der Waals surface area contributed by atoms with E-state index in [9.17, 15) is 40.2 Å². The van der Waals surface area contributed by atoms with E-state index in [1.54, 1.807) is 0 Å². The molecule has 0 spiro atoms. The molecule has 3 rings (SSSR count). The minimum Gasteiger partial charge on any atom is -0.394 e. The summed E-state index contributed by atoms with van der Waals surface area (Å²) in [6.07, 6.45) is -12.0. The zero-order valence-electron chi connectivity index (χ0n) is 14.4. The van der Waals surface area contributed by atoms with Crippen molar-refractivity contribution in [2.75, 3.05) is 13.2 Å². The van der Waals surface area contributed by atoms with Gasteiger partial charge >= 0.3 is 5.69 Å². The molecule has 1 aromatic heterocycles. The second-order valence-corrected chi connectivity index (χ2v) is 6.55. The van der Waals surface area contributed by atoms with Crippen LogP contribution in [-0.2, 0) is 14.2 Å². The van der Waals surface area contributed by atoms with Crippen LogP contribution in [0.1, 0.15) is 6.23 Å². The largest absolute Gasteiger partial charge is 0.394 e. The molecule has 0 radical (unpaired) electrons. The first kappa shape index (κ1) is 21.0. The zero-order valence-corrected chi connectivity index (χ0v) is 14.4. The number of aromatic amines is 1. The minimum absolute atomic E-state index is 0.631. The number of nitrogens with one attached hydrogen (secondary N) is 1. The van der Waals surface area contributed by atoms with Gasteiger partial charge in [0.15, 0.2) is 12.5 Å². The number of aromatic nitrogens is 2. The Kier molecular flexibility index (Phi) is 6.28. The van der Waals surface area contributed by atoms with E-state index in [1.807, 2.05) is 4.98 Å². The van der Waals surface area contributed by atoms with Crippen LogP contribution in [0, 0.1) is 0 Å². The normalized spacial score (nSPS) is 41.3. The molecule has 0 aliphatic carbocycles. The fourth-order valence-electron chi connectivity index (χ4n) is 3.23. The molecule has 3 heterocycles. The molecule has 0 aromatic carbocycles. The predicted octanol–water partition coefficient (Wildman–Crippen LogP) is -5.03. The Balaban J connectivity index is 1.81. The highest BCUT2D eigenvalue weighted by atomic mass is 16.7. The molecular weight excluding hydrogens is 384 g/mol. The molecule has 13 heteroatoms. The fraction of sp³-hybridized carbons (Fsp3) is 0.733. The Morgan fingerprint density at radius 1 is 0.964 bits per heavy atom. The highest BCUT2D eigenvalue weighted by Crippen LogP contribution is 2.33. The van der Waals surface area contributed by atoms with Gasteiger partial charge in [0.05, 0.1) is 13.2 Å². The van der Waals surface area contributed by atoms with Crippen molar-refractivity contribution in [2.24, 2.45) is 0 Å². The lowest BCUT2D eigenvalue weighted by atomic mass is 9.99. The van der Waals surface area contributed by atoms with Gasteiger partial charge in [-0.3, -0.25) is 14.3 Å². The van der Waals surface area contributed by atoms with Gasteiger partial charge < -0.3 is 44.8 Å². The molecule has 2 saturated heterocycles. The quantitative estimate of drug-likeness (QED) is 0.246. The lowest BCUT2D eigenvalue weighted by molar-refractivity contribution is -0.318. The van der Waals surface area contributed by atoms with E-state index in [1.165, 1.54) is 0 Å². The van der Waals surface area contributed by atoms with E-state index >= 15 is 0 Å². The summed E-state index contributed by atoms with van der Waals surface area (Å²) in [5, 5.41) is 59.0. The van der Waals surface area contributed by atoms with Gasteiger partial charge in [-0.15, -0.1) is 0 Å². The SMILES string of the molecule is O=c1ccn([C@@H]2O[C@H](CO)[C@@H](O[C@@H]3O[C@H](CO)[C@@H](O)[C@H](O)[C@H]3O)[C@H]2O)c(=O)[nH]1.